The molecule has 1 aromatic rings. The number of esters is 1. The first-order valence-corrected chi connectivity index (χ1v) is 4.84. The minimum absolute atomic E-state index is 0.0152. The van der Waals surface area contributed by atoms with Gasteiger partial charge in [0.05, 0.1) is 11.5 Å². The molecule has 0 saturated heterocycles. The number of nitrogens with zero attached hydrogens (tertiary/aromatic N) is 1. The van der Waals surface area contributed by atoms with Gasteiger partial charge in [-0.2, -0.15) is 0 Å². The molecule has 17 heavy (non-hydrogen) atoms. The Kier molecular flexibility index (Phi) is 4.33. The van der Waals surface area contributed by atoms with Crippen LogP contribution in [0.1, 0.15) is 12.5 Å². The van der Waals surface area contributed by atoms with Gasteiger partial charge in [-0.05, 0) is 13.0 Å². The molecule has 0 N–H and O–H groups in total. The summed E-state index contributed by atoms with van der Waals surface area (Å²) in [7, 11) is 0. The van der Waals surface area contributed by atoms with Crippen LogP contribution in [-0.4, -0.2) is 17.5 Å². The van der Waals surface area contributed by atoms with Crippen LogP contribution in [0.5, 0.6) is 0 Å². The fourth-order valence-corrected chi connectivity index (χ4v) is 1.13. The zero-order chi connectivity index (χ0) is 12.8. The molecule has 0 unspecified atom stereocenters. The van der Waals surface area contributed by atoms with Gasteiger partial charge < -0.3 is 4.74 Å². The molecule has 0 aliphatic heterocycles. The summed E-state index contributed by atoms with van der Waals surface area (Å²) in [5.74, 6) is -1.73. The smallest absolute Gasteiger partial charge is 0.409 e. The maximum absolute atomic E-state index is 13.2. The van der Waals surface area contributed by atoms with E-state index in [9.17, 15) is 19.3 Å². The second kappa shape index (κ2) is 5.74. The Morgan fingerprint density at radius 1 is 1.53 bits per heavy atom. The first-order chi connectivity index (χ1) is 8.06. The molecule has 6 heteroatoms. The quantitative estimate of drug-likeness (QED) is 0.349. The predicted octanol–water partition coefficient (Wildman–Crippen LogP) is 2.01. The van der Waals surface area contributed by atoms with Crippen molar-refractivity contribution in [3.8, 4) is 0 Å². The summed E-state index contributed by atoms with van der Waals surface area (Å²) < 4.78 is 17.7. The van der Waals surface area contributed by atoms with E-state index < -0.39 is 22.4 Å². The number of carbonyl (C=O) groups is 1. The molecule has 0 saturated carbocycles. The third-order valence-corrected chi connectivity index (χ3v) is 1.88. The molecule has 0 aliphatic carbocycles. The number of halogens is 1. The van der Waals surface area contributed by atoms with Crippen LogP contribution in [0.3, 0.4) is 0 Å². The van der Waals surface area contributed by atoms with Gasteiger partial charge in [0.25, 0.3) is 0 Å². The van der Waals surface area contributed by atoms with E-state index in [1.54, 1.807) is 0 Å². The standard InChI is InChI=1S/C11H10FNO4/c1-2-17-11(14)10(13(15)16)7-8-5-3-4-6-9(8)12/h3-7H,2H2,1H3. The van der Waals surface area contributed by atoms with Crippen molar-refractivity contribution in [3.05, 3.63) is 51.5 Å². The van der Waals surface area contributed by atoms with Crippen molar-refractivity contribution in [2.75, 3.05) is 6.61 Å². The van der Waals surface area contributed by atoms with Crippen LogP contribution >= 0.6 is 0 Å². The molecule has 0 heterocycles. The van der Waals surface area contributed by atoms with Crippen LogP contribution in [0, 0.1) is 15.9 Å². The molecule has 5 nitrogen and oxygen atoms in total. The van der Waals surface area contributed by atoms with Gasteiger partial charge in [-0.1, -0.05) is 18.2 Å². The van der Waals surface area contributed by atoms with E-state index >= 15 is 0 Å². The summed E-state index contributed by atoms with van der Waals surface area (Å²) in [4.78, 5) is 21.0. The van der Waals surface area contributed by atoms with E-state index in [0.29, 0.717) is 0 Å². The van der Waals surface area contributed by atoms with E-state index in [0.717, 1.165) is 12.1 Å². The summed E-state index contributed by atoms with van der Waals surface area (Å²) in [6.07, 6.45) is 0.854. The van der Waals surface area contributed by atoms with E-state index in [1.165, 1.54) is 25.1 Å². The Hall–Kier alpha value is -2.24. The summed E-state index contributed by atoms with van der Waals surface area (Å²) in [5.41, 5.74) is -0.829. The summed E-state index contributed by atoms with van der Waals surface area (Å²) in [6, 6.07) is 5.44. The number of rotatable bonds is 4. The molecule has 0 aliphatic rings. The van der Waals surface area contributed by atoms with E-state index in [1.807, 2.05) is 0 Å². The normalized spacial score (nSPS) is 11.1. The van der Waals surface area contributed by atoms with E-state index in [2.05, 4.69) is 4.74 Å². The SMILES string of the molecule is CCOC(=O)C(=Cc1ccccc1F)[N+](=O)[O-]. The van der Waals surface area contributed by atoms with Crippen molar-refractivity contribution in [1.82, 2.24) is 0 Å². The lowest BCUT2D eigenvalue weighted by molar-refractivity contribution is -0.419. The van der Waals surface area contributed by atoms with Crippen molar-refractivity contribution in [1.29, 1.82) is 0 Å². The third-order valence-electron chi connectivity index (χ3n) is 1.88. The highest BCUT2D eigenvalue weighted by atomic mass is 19.1. The molecule has 0 atom stereocenters. The van der Waals surface area contributed by atoms with Gasteiger partial charge >= 0.3 is 11.7 Å². The Morgan fingerprint density at radius 3 is 2.71 bits per heavy atom. The van der Waals surface area contributed by atoms with Gasteiger partial charge in [-0.15, -0.1) is 0 Å². The summed E-state index contributed by atoms with van der Waals surface area (Å²) in [5, 5.41) is 10.6. The van der Waals surface area contributed by atoms with Gasteiger partial charge in [0.2, 0.25) is 0 Å². The largest absolute Gasteiger partial charge is 0.458 e. The lowest BCUT2D eigenvalue weighted by atomic mass is 10.2. The predicted molar refractivity (Wildman–Crippen MR) is 58.0 cm³/mol. The molecule has 0 radical (unpaired) electrons. The zero-order valence-electron chi connectivity index (χ0n) is 9.05. The lowest BCUT2D eigenvalue weighted by Gasteiger charge is -2.00. The summed E-state index contributed by atoms with van der Waals surface area (Å²) in [6.45, 7) is 1.54. The topological polar surface area (TPSA) is 69.4 Å². The molecular formula is C11H10FNO4. The fraction of sp³-hybridized carbons (Fsp3) is 0.182. The molecule has 90 valence electrons. The molecule has 0 aromatic heterocycles. The maximum Gasteiger partial charge on any atom is 0.409 e. The third kappa shape index (κ3) is 3.37. The molecule has 1 aromatic carbocycles. The van der Waals surface area contributed by atoms with Crippen molar-refractivity contribution in [2.45, 2.75) is 6.92 Å². The van der Waals surface area contributed by atoms with Gasteiger partial charge in [0, 0.05) is 11.6 Å². The minimum Gasteiger partial charge on any atom is -0.458 e. The Labute approximate surface area is 96.7 Å². The fourth-order valence-electron chi connectivity index (χ4n) is 1.13. The van der Waals surface area contributed by atoms with Crippen molar-refractivity contribution >= 4 is 12.0 Å². The molecular weight excluding hydrogens is 229 g/mol. The highest BCUT2D eigenvalue weighted by molar-refractivity contribution is 5.90. The maximum atomic E-state index is 13.2. The van der Waals surface area contributed by atoms with E-state index in [4.69, 9.17) is 0 Å². The van der Waals surface area contributed by atoms with Crippen molar-refractivity contribution in [2.24, 2.45) is 0 Å². The van der Waals surface area contributed by atoms with Crippen LogP contribution in [-0.2, 0) is 9.53 Å². The Balaban J connectivity index is 3.11. The minimum atomic E-state index is -1.08. The molecule has 0 bridgehead atoms. The molecule has 0 spiro atoms. The number of carbonyl (C=O) groups excluding carboxylic acids is 1. The van der Waals surface area contributed by atoms with Crippen LogP contribution < -0.4 is 0 Å². The first-order valence-electron chi connectivity index (χ1n) is 4.84. The highest BCUT2D eigenvalue weighted by Crippen LogP contribution is 2.12. The average molecular weight is 239 g/mol. The van der Waals surface area contributed by atoms with Gasteiger partial charge in [-0.3, -0.25) is 10.1 Å². The second-order valence-electron chi connectivity index (χ2n) is 3.03. The number of ether oxygens (including phenoxy) is 1. The van der Waals surface area contributed by atoms with Gasteiger partial charge in [0.1, 0.15) is 5.82 Å². The number of hydrogen-bond donors (Lipinski definition) is 0. The van der Waals surface area contributed by atoms with Crippen molar-refractivity contribution in [3.63, 3.8) is 0 Å². The number of hydrogen-bond acceptors (Lipinski definition) is 4. The number of benzene rings is 1. The molecule has 0 fully saturated rings. The van der Waals surface area contributed by atoms with Crippen LogP contribution in [0.25, 0.3) is 6.08 Å². The number of nitro groups is 1. The average Bonchev–Trinajstić information content (AvgIpc) is 2.27. The van der Waals surface area contributed by atoms with Gasteiger partial charge in [-0.25, -0.2) is 9.18 Å². The zero-order valence-corrected chi connectivity index (χ0v) is 9.05. The molecule has 1 rings (SSSR count). The monoisotopic (exact) mass is 239 g/mol. The van der Waals surface area contributed by atoms with Crippen LogP contribution in [0.2, 0.25) is 0 Å². The highest BCUT2D eigenvalue weighted by Gasteiger charge is 2.23. The second-order valence-corrected chi connectivity index (χ2v) is 3.03. The van der Waals surface area contributed by atoms with E-state index in [-0.39, 0.29) is 12.2 Å². The van der Waals surface area contributed by atoms with Crippen LogP contribution in [0.15, 0.2) is 30.0 Å². The van der Waals surface area contributed by atoms with Gasteiger partial charge in [0.15, 0.2) is 0 Å². The van der Waals surface area contributed by atoms with Crippen molar-refractivity contribution < 1.29 is 18.8 Å². The lowest BCUT2D eigenvalue weighted by Crippen LogP contribution is -2.14. The Bertz CT molecular complexity index is 470. The molecule has 0 amide bonds. The first kappa shape index (κ1) is 12.8. The summed E-state index contributed by atoms with van der Waals surface area (Å²) >= 11 is 0. The Morgan fingerprint density at radius 2 is 2.18 bits per heavy atom. The van der Waals surface area contributed by atoms with Crippen LogP contribution in [0.4, 0.5) is 4.39 Å².